The van der Waals surface area contributed by atoms with E-state index < -0.39 is 0 Å². The molecule has 110 valence electrons. The molecule has 0 unspecified atom stereocenters. The first-order chi connectivity index (χ1) is 10.2. The highest BCUT2D eigenvalue weighted by molar-refractivity contribution is 5.13. The van der Waals surface area contributed by atoms with E-state index in [9.17, 15) is 0 Å². The molecule has 1 saturated heterocycles. The van der Waals surface area contributed by atoms with Crippen LogP contribution in [0.1, 0.15) is 28.9 Å². The zero-order valence-electron chi connectivity index (χ0n) is 12.5. The molecule has 2 aromatic heterocycles. The molecule has 0 aliphatic carbocycles. The summed E-state index contributed by atoms with van der Waals surface area (Å²) >= 11 is 0. The number of rotatable bonds is 3. The highest BCUT2D eigenvalue weighted by atomic mass is 16.5. The highest BCUT2D eigenvalue weighted by Gasteiger charge is 2.23. The molecule has 3 heterocycles. The Bertz CT molecular complexity index is 599. The molecule has 3 rings (SSSR count). The zero-order valence-corrected chi connectivity index (χ0v) is 12.5. The van der Waals surface area contributed by atoms with Crippen molar-refractivity contribution >= 4 is 0 Å². The molecule has 0 spiro atoms. The lowest BCUT2D eigenvalue weighted by molar-refractivity contribution is -0.0351. The first kappa shape index (κ1) is 14.1. The predicted octanol–water partition coefficient (Wildman–Crippen LogP) is 2.06. The summed E-state index contributed by atoms with van der Waals surface area (Å²) in [7, 11) is 0. The lowest BCUT2D eigenvalue weighted by Crippen LogP contribution is -2.38. The molecule has 21 heavy (non-hydrogen) atoms. The van der Waals surface area contributed by atoms with E-state index in [2.05, 4.69) is 32.0 Å². The van der Waals surface area contributed by atoms with Crippen molar-refractivity contribution in [2.24, 2.45) is 0 Å². The molecule has 0 saturated carbocycles. The van der Waals surface area contributed by atoms with Crippen molar-refractivity contribution in [2.75, 3.05) is 19.7 Å². The van der Waals surface area contributed by atoms with Crippen LogP contribution in [0.4, 0.5) is 0 Å². The molecule has 0 bridgehead atoms. The number of morpholine rings is 1. The number of aryl methyl sites for hydroxylation is 2. The Morgan fingerprint density at radius 2 is 2.14 bits per heavy atom. The summed E-state index contributed by atoms with van der Waals surface area (Å²) in [6.45, 7) is 7.33. The second-order valence-corrected chi connectivity index (χ2v) is 5.43. The summed E-state index contributed by atoms with van der Waals surface area (Å²) in [6.07, 6.45) is 3.78. The third-order valence-corrected chi connectivity index (χ3v) is 3.66. The molecule has 0 N–H and O–H groups in total. The maximum atomic E-state index is 5.86. The van der Waals surface area contributed by atoms with Gasteiger partial charge in [0, 0.05) is 37.7 Å². The third kappa shape index (κ3) is 3.62. The Hall–Kier alpha value is -1.85. The van der Waals surface area contributed by atoms with E-state index in [1.807, 2.05) is 26.1 Å². The summed E-state index contributed by atoms with van der Waals surface area (Å²) in [5, 5.41) is 0. The van der Waals surface area contributed by atoms with E-state index in [4.69, 9.17) is 4.74 Å². The van der Waals surface area contributed by atoms with E-state index >= 15 is 0 Å². The van der Waals surface area contributed by atoms with Gasteiger partial charge in [-0.1, -0.05) is 6.07 Å². The van der Waals surface area contributed by atoms with Crippen molar-refractivity contribution in [1.82, 2.24) is 19.9 Å². The van der Waals surface area contributed by atoms with Crippen LogP contribution in [0.3, 0.4) is 0 Å². The normalized spacial score (nSPS) is 19.6. The van der Waals surface area contributed by atoms with Crippen LogP contribution in [0, 0.1) is 13.8 Å². The Kier molecular flexibility index (Phi) is 4.22. The van der Waals surface area contributed by atoms with Crippen molar-refractivity contribution in [1.29, 1.82) is 0 Å². The number of ether oxygens (including phenoxy) is 1. The van der Waals surface area contributed by atoms with Gasteiger partial charge in [0.25, 0.3) is 0 Å². The second-order valence-electron chi connectivity index (χ2n) is 5.43. The molecular formula is C16H20N4O. The molecule has 5 heteroatoms. The Labute approximate surface area is 125 Å². The van der Waals surface area contributed by atoms with Crippen LogP contribution >= 0.6 is 0 Å². The maximum Gasteiger partial charge on any atom is 0.125 e. The number of nitrogens with zero attached hydrogens (tertiary/aromatic N) is 4. The van der Waals surface area contributed by atoms with Crippen LogP contribution in [0.5, 0.6) is 0 Å². The molecule has 0 aromatic carbocycles. The first-order valence-electron chi connectivity index (χ1n) is 7.26. The number of hydrogen-bond acceptors (Lipinski definition) is 5. The molecule has 2 aromatic rings. The standard InChI is InChI=1S/C16H20N4O/c1-12-3-4-14(9-18-12)10-20-7-8-21-16(11-20)15-5-6-17-13(2)19-15/h3-6,9,16H,7-8,10-11H2,1-2H3/t16-/m0/s1. The minimum absolute atomic E-state index is 0.0267. The maximum absolute atomic E-state index is 5.86. The lowest BCUT2D eigenvalue weighted by atomic mass is 10.1. The van der Waals surface area contributed by atoms with Gasteiger partial charge in [-0.2, -0.15) is 0 Å². The van der Waals surface area contributed by atoms with E-state index in [0.29, 0.717) is 0 Å². The zero-order chi connectivity index (χ0) is 14.7. The van der Waals surface area contributed by atoms with Gasteiger partial charge in [0.1, 0.15) is 11.9 Å². The molecule has 1 fully saturated rings. The van der Waals surface area contributed by atoms with Gasteiger partial charge < -0.3 is 4.74 Å². The molecular weight excluding hydrogens is 264 g/mol. The van der Waals surface area contributed by atoms with Gasteiger partial charge in [0.05, 0.1) is 12.3 Å². The van der Waals surface area contributed by atoms with Gasteiger partial charge in [-0.3, -0.25) is 9.88 Å². The largest absolute Gasteiger partial charge is 0.369 e. The lowest BCUT2D eigenvalue weighted by Gasteiger charge is -2.32. The van der Waals surface area contributed by atoms with Crippen LogP contribution < -0.4 is 0 Å². The molecule has 5 nitrogen and oxygen atoms in total. The van der Waals surface area contributed by atoms with E-state index in [1.54, 1.807) is 6.20 Å². The monoisotopic (exact) mass is 284 g/mol. The van der Waals surface area contributed by atoms with Crippen LogP contribution in [-0.2, 0) is 11.3 Å². The number of aromatic nitrogens is 3. The van der Waals surface area contributed by atoms with Crippen molar-refractivity contribution in [3.05, 3.63) is 53.4 Å². The molecule has 1 atom stereocenters. The van der Waals surface area contributed by atoms with Crippen LogP contribution in [0.25, 0.3) is 0 Å². The average molecular weight is 284 g/mol. The first-order valence-corrected chi connectivity index (χ1v) is 7.26. The minimum Gasteiger partial charge on any atom is -0.369 e. The quantitative estimate of drug-likeness (QED) is 0.863. The Morgan fingerprint density at radius 1 is 1.24 bits per heavy atom. The Balaban J connectivity index is 1.67. The van der Waals surface area contributed by atoms with Gasteiger partial charge in [-0.15, -0.1) is 0 Å². The summed E-state index contributed by atoms with van der Waals surface area (Å²) in [5.41, 5.74) is 3.25. The van der Waals surface area contributed by atoms with Crippen molar-refractivity contribution < 1.29 is 4.74 Å². The topological polar surface area (TPSA) is 51.1 Å². The Morgan fingerprint density at radius 3 is 2.90 bits per heavy atom. The number of hydrogen-bond donors (Lipinski definition) is 0. The molecule has 1 aliphatic rings. The molecule has 1 aliphatic heterocycles. The third-order valence-electron chi connectivity index (χ3n) is 3.66. The molecule has 0 radical (unpaired) electrons. The number of pyridine rings is 1. The van der Waals surface area contributed by atoms with Crippen molar-refractivity contribution in [2.45, 2.75) is 26.5 Å². The fraction of sp³-hybridized carbons (Fsp3) is 0.438. The summed E-state index contributed by atoms with van der Waals surface area (Å²) in [6, 6.07) is 6.14. The minimum atomic E-state index is 0.0267. The van der Waals surface area contributed by atoms with Crippen molar-refractivity contribution in [3.63, 3.8) is 0 Å². The van der Waals surface area contributed by atoms with Crippen molar-refractivity contribution in [3.8, 4) is 0 Å². The fourth-order valence-corrected chi connectivity index (χ4v) is 2.53. The van der Waals surface area contributed by atoms with Gasteiger partial charge >= 0.3 is 0 Å². The summed E-state index contributed by atoms with van der Waals surface area (Å²) in [4.78, 5) is 15.4. The fourth-order valence-electron chi connectivity index (χ4n) is 2.53. The smallest absolute Gasteiger partial charge is 0.125 e. The van der Waals surface area contributed by atoms with Gasteiger partial charge in [-0.05, 0) is 31.5 Å². The van der Waals surface area contributed by atoms with Gasteiger partial charge in [0.15, 0.2) is 0 Å². The van der Waals surface area contributed by atoms with E-state index in [1.165, 1.54) is 5.56 Å². The van der Waals surface area contributed by atoms with Gasteiger partial charge in [-0.25, -0.2) is 9.97 Å². The second kappa shape index (κ2) is 6.28. The highest BCUT2D eigenvalue weighted by Crippen LogP contribution is 2.21. The average Bonchev–Trinajstić information content (AvgIpc) is 2.50. The summed E-state index contributed by atoms with van der Waals surface area (Å²) in [5.74, 6) is 0.788. The predicted molar refractivity (Wildman–Crippen MR) is 79.7 cm³/mol. The summed E-state index contributed by atoms with van der Waals surface area (Å²) < 4.78 is 5.86. The molecule has 0 amide bonds. The van der Waals surface area contributed by atoms with Crippen LogP contribution in [0.2, 0.25) is 0 Å². The van der Waals surface area contributed by atoms with Gasteiger partial charge in [0.2, 0.25) is 0 Å². The van der Waals surface area contributed by atoms with E-state index in [-0.39, 0.29) is 6.10 Å². The van der Waals surface area contributed by atoms with E-state index in [0.717, 1.165) is 43.5 Å². The van der Waals surface area contributed by atoms with Crippen LogP contribution in [0.15, 0.2) is 30.6 Å². The SMILES string of the molecule is Cc1ccc(CN2CCO[C@H](c3ccnc(C)n3)C2)cn1. The van der Waals surface area contributed by atoms with Crippen LogP contribution in [-0.4, -0.2) is 39.5 Å².